The molecule has 0 radical (unpaired) electrons. The number of hydrogen-bond acceptors (Lipinski definition) is 9. The second kappa shape index (κ2) is 13.0. The number of carbonyl (C=O) groups excluding carboxylic acids is 3. The van der Waals surface area contributed by atoms with E-state index in [4.69, 9.17) is 19.2 Å². The molecule has 0 aliphatic carbocycles. The molecule has 1 aromatic heterocycles. The molecule has 11 heteroatoms. The molecule has 0 saturated heterocycles. The van der Waals surface area contributed by atoms with Gasteiger partial charge in [0, 0.05) is 11.1 Å². The molecule has 3 heterocycles. The Morgan fingerprint density at radius 2 is 1.54 bits per heavy atom. The summed E-state index contributed by atoms with van der Waals surface area (Å²) in [6.07, 6.45) is 0. The summed E-state index contributed by atoms with van der Waals surface area (Å²) in [4.78, 5) is 61.2. The van der Waals surface area contributed by atoms with Gasteiger partial charge in [-0.3, -0.25) is 23.9 Å². The van der Waals surface area contributed by atoms with Gasteiger partial charge in [-0.15, -0.1) is 0 Å². The molecule has 1 atom stereocenters. The number of rotatable bonds is 9. The van der Waals surface area contributed by atoms with Crippen LogP contribution in [0, 0.1) is 0 Å². The largest absolute Gasteiger partial charge is 0.494 e. The second-order valence-corrected chi connectivity index (χ2v) is 11.3. The van der Waals surface area contributed by atoms with Crippen LogP contribution in [0.25, 0.3) is 11.3 Å². The van der Waals surface area contributed by atoms with Gasteiger partial charge in [-0.2, -0.15) is 0 Å². The van der Waals surface area contributed by atoms with E-state index in [2.05, 4.69) is 0 Å². The average molecular weight is 638 g/mol. The zero-order valence-electron chi connectivity index (χ0n) is 25.5. The number of fused-ring (bicyclic) bond motifs is 2. The molecule has 0 N–H and O–H groups in total. The highest BCUT2D eigenvalue weighted by atomic mass is 32.1. The lowest BCUT2D eigenvalue weighted by Crippen LogP contribution is -2.41. The van der Waals surface area contributed by atoms with Crippen molar-refractivity contribution >= 4 is 46.1 Å². The van der Waals surface area contributed by atoms with Crippen LogP contribution in [0.4, 0.5) is 5.69 Å². The minimum atomic E-state index is -0.919. The fourth-order valence-corrected chi connectivity index (χ4v) is 6.80. The van der Waals surface area contributed by atoms with Crippen molar-refractivity contribution in [3.05, 3.63) is 121 Å². The molecule has 0 spiro atoms. The number of para-hydroxylation sites is 1. The fraction of sp³-hybridized carbons (Fsp3) is 0.229. The van der Waals surface area contributed by atoms with Gasteiger partial charge >= 0.3 is 11.9 Å². The first-order valence-electron chi connectivity index (χ1n) is 15.0. The Balaban J connectivity index is 1.64. The van der Waals surface area contributed by atoms with Gasteiger partial charge in [0.15, 0.2) is 4.80 Å². The van der Waals surface area contributed by atoms with E-state index in [0.29, 0.717) is 45.2 Å². The SMILES string of the molecule is CCOC(=O)CN1C(=O)/C(=c2\sc3n(c2=O)[C@H](c2ccc(OCC)cc2)C(C(=O)OCC)=C(c2ccccc2)N=3)c2ccccc21. The van der Waals surface area contributed by atoms with E-state index in [9.17, 15) is 19.2 Å². The number of aromatic nitrogens is 1. The van der Waals surface area contributed by atoms with Crippen molar-refractivity contribution in [3.63, 3.8) is 0 Å². The van der Waals surface area contributed by atoms with Gasteiger partial charge in [-0.05, 0) is 44.5 Å². The van der Waals surface area contributed by atoms with E-state index in [-0.39, 0.29) is 35.4 Å². The third-order valence-corrected chi connectivity index (χ3v) is 8.65. The van der Waals surface area contributed by atoms with Gasteiger partial charge in [-0.1, -0.05) is 72.0 Å². The third kappa shape index (κ3) is 5.43. The topological polar surface area (TPSA) is 116 Å². The Kier molecular flexibility index (Phi) is 8.67. The number of hydrogen-bond donors (Lipinski definition) is 0. The predicted molar refractivity (Wildman–Crippen MR) is 173 cm³/mol. The van der Waals surface area contributed by atoms with E-state index in [1.165, 1.54) is 9.47 Å². The Morgan fingerprint density at radius 1 is 0.848 bits per heavy atom. The number of esters is 2. The number of carbonyl (C=O) groups is 3. The van der Waals surface area contributed by atoms with Crippen molar-refractivity contribution in [1.82, 2.24) is 4.57 Å². The molecule has 0 fully saturated rings. The number of ether oxygens (including phenoxy) is 3. The first-order valence-corrected chi connectivity index (χ1v) is 15.8. The standard InChI is InChI=1S/C35H31N3O7S/c1-4-43-23-18-16-22(17-19-23)30-28(34(42)45-6-3)29(21-12-8-7-9-13-21)36-35-38(30)33(41)31(46-35)27-24-14-10-11-15-25(24)37(32(27)40)20-26(39)44-5-2/h7-19,30H,4-6,20H2,1-3H3/b31-27-/t30-/m1/s1. The Hall–Kier alpha value is -5.29. The van der Waals surface area contributed by atoms with Crippen LogP contribution < -0.4 is 24.5 Å². The summed E-state index contributed by atoms with van der Waals surface area (Å²) in [6.45, 7) is 5.77. The summed E-state index contributed by atoms with van der Waals surface area (Å²) >= 11 is 1.07. The molecule has 10 nitrogen and oxygen atoms in total. The van der Waals surface area contributed by atoms with Crippen molar-refractivity contribution < 1.29 is 28.6 Å². The van der Waals surface area contributed by atoms with Gasteiger partial charge < -0.3 is 14.2 Å². The molecule has 234 valence electrons. The Labute approximate surface area is 268 Å². The van der Waals surface area contributed by atoms with E-state index in [0.717, 1.165) is 11.3 Å². The van der Waals surface area contributed by atoms with Crippen LogP contribution in [0.15, 0.2) is 94.2 Å². The molecule has 1 amide bonds. The lowest BCUT2D eigenvalue weighted by atomic mass is 9.93. The van der Waals surface area contributed by atoms with E-state index < -0.39 is 29.4 Å². The van der Waals surface area contributed by atoms with Crippen LogP contribution in [0.1, 0.15) is 43.5 Å². The molecule has 6 rings (SSSR count). The molecule has 2 aliphatic rings. The average Bonchev–Trinajstić information content (AvgIpc) is 3.53. The summed E-state index contributed by atoms with van der Waals surface area (Å²) in [5, 5.41) is 0. The minimum absolute atomic E-state index is 0.122. The lowest BCUT2D eigenvalue weighted by Gasteiger charge is -2.26. The molecule has 4 aromatic rings. The normalized spacial score (nSPS) is 16.5. The zero-order chi connectivity index (χ0) is 32.4. The maximum absolute atomic E-state index is 14.5. The van der Waals surface area contributed by atoms with Crippen LogP contribution >= 0.6 is 11.3 Å². The summed E-state index contributed by atoms with van der Waals surface area (Å²) in [7, 11) is 0. The van der Waals surface area contributed by atoms with Crippen LogP contribution in [0.2, 0.25) is 0 Å². The van der Waals surface area contributed by atoms with E-state index >= 15 is 0 Å². The summed E-state index contributed by atoms with van der Waals surface area (Å²) in [6, 6.07) is 22.5. The van der Waals surface area contributed by atoms with Gasteiger partial charge in [0.25, 0.3) is 11.5 Å². The van der Waals surface area contributed by atoms with Gasteiger partial charge in [-0.25, -0.2) is 9.79 Å². The van der Waals surface area contributed by atoms with Crippen molar-refractivity contribution in [3.8, 4) is 5.75 Å². The molecule has 3 aromatic carbocycles. The van der Waals surface area contributed by atoms with Crippen molar-refractivity contribution in [2.24, 2.45) is 4.99 Å². The lowest BCUT2D eigenvalue weighted by molar-refractivity contribution is -0.142. The molecule has 0 saturated carbocycles. The number of thiazole rings is 1. The fourth-order valence-electron chi connectivity index (χ4n) is 5.71. The monoisotopic (exact) mass is 637 g/mol. The van der Waals surface area contributed by atoms with Crippen molar-refractivity contribution in [2.45, 2.75) is 26.8 Å². The highest BCUT2D eigenvalue weighted by Gasteiger charge is 2.39. The number of benzene rings is 3. The van der Waals surface area contributed by atoms with Crippen LogP contribution in [0.3, 0.4) is 0 Å². The van der Waals surface area contributed by atoms with Crippen LogP contribution in [0.5, 0.6) is 5.75 Å². The molecular weight excluding hydrogens is 606 g/mol. The van der Waals surface area contributed by atoms with E-state index in [1.54, 1.807) is 62.4 Å². The second-order valence-electron chi connectivity index (χ2n) is 10.3. The molecule has 2 aliphatic heterocycles. The van der Waals surface area contributed by atoms with Crippen molar-refractivity contribution in [2.75, 3.05) is 31.3 Å². The van der Waals surface area contributed by atoms with Gasteiger partial charge in [0.2, 0.25) is 0 Å². The number of amides is 1. The molecule has 46 heavy (non-hydrogen) atoms. The first-order chi connectivity index (χ1) is 22.4. The number of nitrogens with zero attached hydrogens (tertiary/aromatic N) is 3. The van der Waals surface area contributed by atoms with Gasteiger partial charge in [0.1, 0.15) is 16.8 Å². The third-order valence-electron chi connectivity index (χ3n) is 7.60. The van der Waals surface area contributed by atoms with Crippen LogP contribution in [-0.2, 0) is 23.9 Å². The maximum Gasteiger partial charge on any atom is 0.338 e. The molecule has 0 unspecified atom stereocenters. The highest BCUT2D eigenvalue weighted by molar-refractivity contribution is 7.07. The Bertz CT molecular complexity index is 2050. The smallest absolute Gasteiger partial charge is 0.338 e. The molecular formula is C35H31N3O7S. The summed E-state index contributed by atoms with van der Waals surface area (Å²) in [5.74, 6) is -1.02. The first kappa shape index (κ1) is 30.7. The minimum Gasteiger partial charge on any atom is -0.494 e. The van der Waals surface area contributed by atoms with Crippen LogP contribution in [-0.4, -0.2) is 48.8 Å². The van der Waals surface area contributed by atoms with Crippen molar-refractivity contribution in [1.29, 1.82) is 0 Å². The summed E-state index contributed by atoms with van der Waals surface area (Å²) < 4.78 is 17.9. The quantitative estimate of drug-likeness (QED) is 0.258. The highest BCUT2D eigenvalue weighted by Crippen LogP contribution is 2.37. The Morgan fingerprint density at radius 3 is 2.24 bits per heavy atom. The maximum atomic E-state index is 14.5. The van der Waals surface area contributed by atoms with E-state index in [1.807, 2.05) is 37.3 Å². The summed E-state index contributed by atoms with van der Waals surface area (Å²) in [5.41, 5.74) is 2.57. The zero-order valence-corrected chi connectivity index (χ0v) is 26.3. The van der Waals surface area contributed by atoms with Gasteiger partial charge in [0.05, 0.1) is 48.4 Å². The number of anilines is 1. The predicted octanol–water partition coefficient (Wildman–Crippen LogP) is 3.61. The molecule has 0 bridgehead atoms.